The summed E-state index contributed by atoms with van der Waals surface area (Å²) in [4.78, 5) is 110. The highest BCUT2D eigenvalue weighted by Gasteiger charge is 2.09. The van der Waals surface area contributed by atoms with Gasteiger partial charge in [-0.3, -0.25) is 47.9 Å². The van der Waals surface area contributed by atoms with Gasteiger partial charge in [0.2, 0.25) is 0 Å². The van der Waals surface area contributed by atoms with E-state index in [2.05, 4.69) is 6.92 Å². The summed E-state index contributed by atoms with van der Waals surface area (Å²) in [6.45, 7) is 19.2. The summed E-state index contributed by atoms with van der Waals surface area (Å²) in [6, 6.07) is 65.3. The van der Waals surface area contributed by atoms with Crippen molar-refractivity contribution in [2.75, 3.05) is 55.9 Å². The molecule has 0 aliphatic carbocycles. The quantitative estimate of drug-likeness (QED) is 0.0646. The number of hydrogen-bond acceptors (Lipinski definition) is 16. The van der Waals surface area contributed by atoms with Crippen molar-refractivity contribution in [1.29, 1.82) is 0 Å². The summed E-state index contributed by atoms with van der Waals surface area (Å²) in [7, 11) is 9.94. The molecule has 10 aromatic rings. The highest BCUT2D eigenvalue weighted by Crippen LogP contribution is 2.26. The molecule has 0 aliphatic rings. The number of rotatable bonds is 20. The Hall–Kier alpha value is -11.5. The summed E-state index contributed by atoms with van der Waals surface area (Å²) in [5.74, 6) is 4.24. The fourth-order valence-electron chi connectivity index (χ4n) is 9.23. The lowest BCUT2D eigenvalue weighted by molar-refractivity contribution is 0.100. The summed E-state index contributed by atoms with van der Waals surface area (Å²) in [5.41, 5.74) is 8.90. The summed E-state index contributed by atoms with van der Waals surface area (Å²) >= 11 is 0. The van der Waals surface area contributed by atoms with Gasteiger partial charge in [-0.15, -0.1) is 0 Å². The van der Waals surface area contributed by atoms with E-state index >= 15 is 0 Å². The molecule has 10 aromatic carbocycles. The predicted octanol–water partition coefficient (Wildman–Crippen LogP) is 19.1. The molecule has 0 aromatic heterocycles. The smallest absolute Gasteiger partial charge is 0.160 e. The van der Waals surface area contributed by atoms with Crippen LogP contribution in [0.4, 0.5) is 0 Å². The molecule has 1 unspecified atom stereocenters. The average Bonchev–Trinajstić information content (AvgIpc) is 0.832. The minimum Gasteiger partial charge on any atom is -0.497 e. The topological polar surface area (TPSA) is 226 Å². The van der Waals surface area contributed by atoms with Crippen LogP contribution in [0.15, 0.2) is 218 Å². The number of carbonyl (C=O) groups is 10. The lowest BCUT2D eigenvalue weighted by Crippen LogP contribution is -2.06. The molecular weight excluding hydrogens is 1300 g/mol. The van der Waals surface area contributed by atoms with E-state index in [4.69, 9.17) is 28.4 Å². The van der Waals surface area contributed by atoms with Crippen molar-refractivity contribution in [3.63, 3.8) is 0 Å². The van der Waals surface area contributed by atoms with E-state index in [9.17, 15) is 47.9 Å². The number of Topliss-reactive ketones (excluding diaryl/α,β-unsaturated/α-hetero) is 10. The Morgan fingerprint density at radius 2 is 0.495 bits per heavy atom. The zero-order valence-corrected chi connectivity index (χ0v) is 62.0. The lowest BCUT2D eigenvalue weighted by atomic mass is 10.0. The van der Waals surface area contributed by atoms with Gasteiger partial charge >= 0.3 is 0 Å². The molecule has 16 heteroatoms. The molecule has 0 saturated heterocycles. The van der Waals surface area contributed by atoms with Crippen LogP contribution in [0.3, 0.4) is 0 Å². The number of fused-ring (bicyclic) bond motifs is 2. The maximum absolute atomic E-state index is 11.2. The van der Waals surface area contributed by atoms with Gasteiger partial charge in [-0.25, -0.2) is 0 Å². The first-order valence-corrected chi connectivity index (χ1v) is 32.9. The minimum atomic E-state index is 0.0186. The summed E-state index contributed by atoms with van der Waals surface area (Å²) < 4.78 is 29.9. The maximum atomic E-state index is 11.2. The van der Waals surface area contributed by atoms with Gasteiger partial charge in [0.05, 0.1) is 28.4 Å². The molecule has 0 amide bonds. The zero-order chi connectivity index (χ0) is 76.7. The van der Waals surface area contributed by atoms with Crippen LogP contribution in [0.2, 0.25) is 0 Å². The molecule has 538 valence electrons. The third-order valence-electron chi connectivity index (χ3n) is 15.5. The molecule has 16 nitrogen and oxygen atoms in total. The lowest BCUT2D eigenvalue weighted by Gasteiger charge is -2.07. The molecule has 0 spiro atoms. The average molecular weight is 1400 g/mol. The predicted molar refractivity (Wildman–Crippen MR) is 409 cm³/mol. The number of hydrogen-bond donors (Lipinski definition) is 0. The molecule has 0 saturated carbocycles. The normalized spacial score (nSPS) is 10.1. The van der Waals surface area contributed by atoms with Crippen LogP contribution in [-0.2, 0) is 9.47 Å². The molecule has 0 aliphatic heterocycles. The van der Waals surface area contributed by atoms with Gasteiger partial charge in [-0.1, -0.05) is 159 Å². The van der Waals surface area contributed by atoms with E-state index in [1.165, 1.54) is 27.7 Å². The van der Waals surface area contributed by atoms with Crippen LogP contribution in [0.25, 0.3) is 32.7 Å². The van der Waals surface area contributed by atoms with E-state index < -0.39 is 0 Å². The van der Waals surface area contributed by atoms with Crippen LogP contribution in [0, 0.1) is 5.92 Å². The minimum absolute atomic E-state index is 0.0186. The highest BCUT2D eigenvalue weighted by molar-refractivity contribution is 6.03. The van der Waals surface area contributed by atoms with Crippen LogP contribution in [0.1, 0.15) is 186 Å². The summed E-state index contributed by atoms with van der Waals surface area (Å²) in [5, 5.41) is 4.11. The number of ether oxygens (including phenoxy) is 6. The van der Waals surface area contributed by atoms with Crippen molar-refractivity contribution in [1.82, 2.24) is 0 Å². The Bertz CT molecular complexity index is 4170. The third kappa shape index (κ3) is 30.5. The van der Waals surface area contributed by atoms with Crippen LogP contribution in [0.5, 0.6) is 23.0 Å². The van der Waals surface area contributed by atoms with Crippen LogP contribution >= 0.6 is 0 Å². The molecule has 10 rings (SSSR count). The first kappa shape index (κ1) is 85.8. The third-order valence-corrected chi connectivity index (χ3v) is 15.5. The van der Waals surface area contributed by atoms with Crippen molar-refractivity contribution < 1.29 is 76.4 Å². The number of carbonyl (C=O) groups excluding carboxylic acids is 10. The molecule has 1 atom stereocenters. The molecule has 0 bridgehead atoms. The Morgan fingerprint density at radius 3 is 0.738 bits per heavy atom. The molecule has 0 heterocycles. The van der Waals surface area contributed by atoms with Crippen molar-refractivity contribution in [3.05, 3.63) is 274 Å². The van der Waals surface area contributed by atoms with E-state index in [0.717, 1.165) is 80.9 Å². The van der Waals surface area contributed by atoms with Crippen molar-refractivity contribution in [2.24, 2.45) is 5.92 Å². The first-order chi connectivity index (χ1) is 49.0. The fraction of sp³-hybridized carbons (Fsp3) is 0.241. The number of para-hydroxylation sites is 2. The molecule has 0 N–H and O–H groups in total. The second-order valence-electron chi connectivity index (χ2n) is 23.5. The van der Waals surface area contributed by atoms with Crippen LogP contribution in [-0.4, -0.2) is 114 Å². The molecule has 0 radical (unpaired) electrons. The van der Waals surface area contributed by atoms with Gasteiger partial charge in [0, 0.05) is 83.1 Å². The Labute approximate surface area is 605 Å². The number of ketones is 10. The van der Waals surface area contributed by atoms with Crippen LogP contribution < -0.4 is 18.9 Å². The van der Waals surface area contributed by atoms with Gasteiger partial charge in [0.15, 0.2) is 69.3 Å². The monoisotopic (exact) mass is 1390 g/mol. The van der Waals surface area contributed by atoms with Gasteiger partial charge in [0.1, 0.15) is 11.5 Å². The summed E-state index contributed by atoms with van der Waals surface area (Å²) in [6.07, 6.45) is 1.09. The fourth-order valence-corrected chi connectivity index (χ4v) is 9.23. The van der Waals surface area contributed by atoms with Crippen molar-refractivity contribution in [3.8, 4) is 34.1 Å². The Kier molecular flexibility index (Phi) is 37.7. The molecule has 0 fully saturated rings. The second-order valence-corrected chi connectivity index (χ2v) is 23.5. The van der Waals surface area contributed by atoms with E-state index in [0.29, 0.717) is 56.0 Å². The maximum Gasteiger partial charge on any atom is 0.160 e. The molecule has 103 heavy (non-hydrogen) atoms. The zero-order valence-electron chi connectivity index (χ0n) is 62.0. The number of benzene rings is 10. The van der Waals surface area contributed by atoms with E-state index in [1.807, 2.05) is 133 Å². The standard InChI is InChI=1S/C16H14O2.C14H12O2.C13H12O2.2C10H10O2.C9H10O2.C8H10O2.C7H16O2/c1-11(17)13-3-7-15(8-4-13)16-9-5-14(6-10-16)12(2)18;1-9(15)11-3-5-14-8-12(10(2)16)4-6-13(14)7-11;1-9(14)10-3-4-12-8-13(15-2)6-5-11(12)7-10;2*1-7(11)9-3-5-10(6-4-9)8(2)12;1-7(10)8-3-5-9(11-2)6-4-8;1-9-7-5-3-4-6-8(7)10-2;1-7(6-9-3)4-5-8-2/h3-10H,1-2H3;3-8H,1-2H3;3-8H,1-2H3;2*3-6H,1-2H3;3-6H,1-2H3;3-6H,1-2H3;7H,4-6H2,1-3H3. The largest absolute Gasteiger partial charge is 0.497 e. The van der Waals surface area contributed by atoms with E-state index in [1.54, 1.807) is 169 Å². The van der Waals surface area contributed by atoms with E-state index in [-0.39, 0.29) is 57.8 Å². The highest BCUT2D eigenvalue weighted by atomic mass is 16.5. The van der Waals surface area contributed by atoms with Crippen molar-refractivity contribution in [2.45, 2.75) is 82.6 Å². The van der Waals surface area contributed by atoms with Gasteiger partial charge in [0.25, 0.3) is 0 Å². The molecular formula is C87H94O16. The first-order valence-electron chi connectivity index (χ1n) is 32.9. The Balaban J connectivity index is 0.000000309. The number of methoxy groups -OCH3 is 6. The second kappa shape index (κ2) is 45.3. The SMILES string of the molecule is CC(=O)c1ccc(-c2ccc(C(C)=O)cc2)cc1.CC(=O)c1ccc(C(C)=O)cc1.CC(=O)c1ccc(C(C)=O)cc1.CC(=O)c1ccc2cc(C(C)=O)ccc2c1.COCCC(C)COC.COc1ccc(C(C)=O)cc1.COc1ccc2cc(C(C)=O)ccc2c1.COc1ccccc1OC. The van der Waals surface area contributed by atoms with Gasteiger partial charge in [-0.2, -0.15) is 0 Å². The Morgan fingerprint density at radius 1 is 0.262 bits per heavy atom. The van der Waals surface area contributed by atoms with Gasteiger partial charge < -0.3 is 28.4 Å². The van der Waals surface area contributed by atoms with Gasteiger partial charge in [-0.05, 0) is 181 Å². The van der Waals surface area contributed by atoms with Crippen molar-refractivity contribution >= 4 is 79.4 Å².